The summed E-state index contributed by atoms with van der Waals surface area (Å²) in [5.41, 5.74) is 2.77. The predicted octanol–water partition coefficient (Wildman–Crippen LogP) is 11.5. The summed E-state index contributed by atoms with van der Waals surface area (Å²) in [4.78, 5) is 21.7. The Morgan fingerprint density at radius 3 is 1.98 bits per heavy atom. The lowest BCUT2D eigenvalue weighted by atomic mass is 9.84. The van der Waals surface area contributed by atoms with Gasteiger partial charge in [0, 0.05) is 50.8 Å². The van der Waals surface area contributed by atoms with Gasteiger partial charge in [0.2, 0.25) is 0 Å². The fourth-order valence-electron chi connectivity index (χ4n) is 9.06. The number of carbonyl (C=O) groups excluding carboxylic acids is 1. The summed E-state index contributed by atoms with van der Waals surface area (Å²) in [6.07, 6.45) is -3.72. The number of ether oxygens (including phenoxy) is 2. The second kappa shape index (κ2) is 19.4. The minimum absolute atomic E-state index is 0.112. The van der Waals surface area contributed by atoms with Gasteiger partial charge in [-0.2, -0.15) is 13.2 Å². The van der Waals surface area contributed by atoms with Gasteiger partial charge < -0.3 is 28.3 Å². The summed E-state index contributed by atoms with van der Waals surface area (Å²) in [6.45, 7) is 13.2. The molecule has 344 valence electrons. The molecular formula is C51H57BrF4N4O4Si. The summed E-state index contributed by atoms with van der Waals surface area (Å²) >= 11 is 3.36. The molecule has 65 heavy (non-hydrogen) atoms. The van der Waals surface area contributed by atoms with Gasteiger partial charge in [-0.3, -0.25) is 4.98 Å². The molecule has 1 aliphatic heterocycles. The molecule has 8 nitrogen and oxygen atoms in total. The van der Waals surface area contributed by atoms with Gasteiger partial charge in [0.25, 0.3) is 8.32 Å². The Morgan fingerprint density at radius 1 is 0.846 bits per heavy atom. The van der Waals surface area contributed by atoms with Crippen molar-refractivity contribution in [2.24, 2.45) is 5.41 Å². The van der Waals surface area contributed by atoms with Crippen molar-refractivity contribution < 1.29 is 36.3 Å². The third-order valence-corrected chi connectivity index (χ3v) is 17.9. The molecule has 14 heteroatoms. The molecule has 0 spiro atoms. The Balaban J connectivity index is 1.31. The Kier molecular flexibility index (Phi) is 14.3. The molecule has 7 rings (SSSR count). The SMILES string of the molecule is CO[C@@H](C)c1ncc(N2CCN(C(=O)OCc3ccccc3)CC2)cc1-c1c(CC(C)(C)CO[Si](c2ccccc2)(c2ccccc2)C(C)(C)C)c2cc(Br)c(F)cc2n1CC(F)(F)F. The van der Waals surface area contributed by atoms with Crippen LogP contribution in [-0.2, 0) is 33.5 Å². The maximum atomic E-state index is 15.6. The average Bonchev–Trinajstić information content (AvgIpc) is 3.54. The second-order valence-corrected chi connectivity index (χ2v) is 23.8. The molecule has 0 saturated carbocycles. The summed E-state index contributed by atoms with van der Waals surface area (Å²) in [5.74, 6) is -0.677. The molecule has 0 aliphatic carbocycles. The Morgan fingerprint density at radius 2 is 1.43 bits per heavy atom. The smallest absolute Gasteiger partial charge is 0.410 e. The number of carbonyl (C=O) groups is 1. The zero-order valence-electron chi connectivity index (χ0n) is 38.0. The summed E-state index contributed by atoms with van der Waals surface area (Å²) in [5, 5.41) is 2.40. The van der Waals surface area contributed by atoms with Crippen LogP contribution in [0.5, 0.6) is 0 Å². The number of aromatic nitrogens is 2. The number of amides is 1. The standard InChI is InChI=1S/C51H57BrF4N4O4Si/c1-35(62-7)46-41(27-37(31-57-46)58-23-25-59(26-24-58)48(61)63-32-36-17-11-8-12-18-36)47-42(40-28-43(52)44(53)29-45(40)60(47)33-51(54,55)56)30-50(5,6)34-64-65(49(2,3)4,38-19-13-9-14-20-38)39-21-15-10-16-22-39/h8-22,27-29,31,35H,23-26,30,32-34H2,1-7H3/t35-/m0/s1. The fraction of sp³-hybridized carbons (Fsp3) is 0.373. The largest absolute Gasteiger partial charge is 0.445 e. The van der Waals surface area contributed by atoms with Crippen molar-refractivity contribution in [2.45, 2.75) is 78.4 Å². The third kappa shape index (κ3) is 10.5. The number of nitrogens with zero attached hydrogens (tertiary/aromatic N) is 4. The van der Waals surface area contributed by atoms with Gasteiger partial charge in [-0.1, -0.05) is 126 Å². The van der Waals surface area contributed by atoms with Crippen molar-refractivity contribution in [1.29, 1.82) is 0 Å². The van der Waals surface area contributed by atoms with Crippen molar-refractivity contribution >= 4 is 57.3 Å². The molecule has 1 amide bonds. The van der Waals surface area contributed by atoms with E-state index in [1.54, 1.807) is 24.1 Å². The molecule has 1 fully saturated rings. The van der Waals surface area contributed by atoms with Gasteiger partial charge in [-0.25, -0.2) is 9.18 Å². The Labute approximate surface area is 388 Å². The number of hydrogen-bond acceptors (Lipinski definition) is 6. The zero-order chi connectivity index (χ0) is 46.7. The normalized spacial score (nSPS) is 14.5. The minimum Gasteiger partial charge on any atom is -0.445 e. The van der Waals surface area contributed by atoms with Gasteiger partial charge in [-0.15, -0.1) is 0 Å². The average molecular weight is 974 g/mol. The molecule has 3 heterocycles. The highest BCUT2D eigenvalue weighted by Crippen LogP contribution is 2.45. The van der Waals surface area contributed by atoms with Crippen LogP contribution in [0.1, 0.15) is 64.5 Å². The lowest BCUT2D eigenvalue weighted by molar-refractivity contribution is -0.139. The van der Waals surface area contributed by atoms with E-state index in [1.165, 1.54) is 17.7 Å². The zero-order valence-corrected chi connectivity index (χ0v) is 40.6. The predicted molar refractivity (Wildman–Crippen MR) is 256 cm³/mol. The topological polar surface area (TPSA) is 69.1 Å². The van der Waals surface area contributed by atoms with Crippen LogP contribution in [-0.4, -0.2) is 74.9 Å². The van der Waals surface area contributed by atoms with Crippen molar-refractivity contribution in [3.05, 3.63) is 143 Å². The van der Waals surface area contributed by atoms with Gasteiger partial charge in [0.1, 0.15) is 19.0 Å². The molecule has 1 atom stereocenters. The van der Waals surface area contributed by atoms with Crippen LogP contribution >= 0.6 is 15.9 Å². The first-order chi connectivity index (χ1) is 30.8. The van der Waals surface area contributed by atoms with Crippen LogP contribution in [0.3, 0.4) is 0 Å². The quantitative estimate of drug-likeness (QED) is 0.0800. The number of fused-ring (bicyclic) bond motifs is 1. The van der Waals surface area contributed by atoms with Crippen molar-refractivity contribution in [1.82, 2.24) is 14.5 Å². The maximum Gasteiger partial charge on any atom is 0.410 e. The maximum absolute atomic E-state index is 15.6. The van der Waals surface area contributed by atoms with Crippen molar-refractivity contribution in [3.8, 4) is 11.3 Å². The van der Waals surface area contributed by atoms with E-state index >= 15 is 4.39 Å². The molecular weight excluding hydrogens is 917 g/mol. The highest BCUT2D eigenvalue weighted by Gasteiger charge is 2.51. The first-order valence-corrected chi connectivity index (χ1v) is 24.6. The van der Waals surface area contributed by atoms with E-state index < -0.39 is 44.5 Å². The molecule has 2 aromatic heterocycles. The van der Waals surface area contributed by atoms with Crippen LogP contribution in [0.15, 0.2) is 120 Å². The van der Waals surface area contributed by atoms with E-state index in [1.807, 2.05) is 72.8 Å². The van der Waals surface area contributed by atoms with Crippen LogP contribution < -0.4 is 15.3 Å². The van der Waals surface area contributed by atoms with Crippen LogP contribution in [0.4, 0.5) is 28.0 Å². The van der Waals surface area contributed by atoms with Gasteiger partial charge >= 0.3 is 12.3 Å². The third-order valence-electron chi connectivity index (χ3n) is 12.3. The summed E-state index contributed by atoms with van der Waals surface area (Å²) in [6, 6.07) is 34.7. The number of alkyl halides is 3. The van der Waals surface area contributed by atoms with E-state index in [2.05, 4.69) is 79.7 Å². The van der Waals surface area contributed by atoms with E-state index in [9.17, 15) is 18.0 Å². The monoisotopic (exact) mass is 972 g/mol. The first kappa shape index (κ1) is 47.9. The molecule has 1 aliphatic rings. The van der Waals surface area contributed by atoms with Gasteiger partial charge in [0.15, 0.2) is 0 Å². The Hall–Kier alpha value is -5.02. The number of pyridine rings is 1. The lowest BCUT2D eigenvalue weighted by Crippen LogP contribution is -2.67. The second-order valence-electron chi connectivity index (χ2n) is 18.6. The van der Waals surface area contributed by atoms with Gasteiger partial charge in [-0.05, 0) is 79.4 Å². The van der Waals surface area contributed by atoms with E-state index in [4.69, 9.17) is 18.9 Å². The highest BCUT2D eigenvalue weighted by atomic mass is 79.9. The number of rotatable bonds is 14. The van der Waals surface area contributed by atoms with Crippen molar-refractivity contribution in [3.63, 3.8) is 0 Å². The molecule has 0 unspecified atom stereocenters. The van der Waals surface area contributed by atoms with Crippen LogP contribution in [0.25, 0.3) is 22.2 Å². The molecule has 0 N–H and O–H groups in total. The minimum atomic E-state index is -4.66. The van der Waals surface area contributed by atoms with Crippen LogP contribution in [0.2, 0.25) is 5.04 Å². The van der Waals surface area contributed by atoms with E-state index in [-0.39, 0.29) is 40.4 Å². The fourth-order valence-corrected chi connectivity index (χ4v) is 14.2. The van der Waals surface area contributed by atoms with Crippen LogP contribution in [0, 0.1) is 11.2 Å². The molecule has 6 aromatic rings. The first-order valence-electron chi connectivity index (χ1n) is 21.9. The number of piperazine rings is 1. The number of benzene rings is 4. The van der Waals surface area contributed by atoms with E-state index in [0.717, 1.165) is 15.9 Å². The lowest BCUT2D eigenvalue weighted by Gasteiger charge is -2.44. The highest BCUT2D eigenvalue weighted by molar-refractivity contribution is 9.10. The van der Waals surface area contributed by atoms with E-state index in [0.29, 0.717) is 54.1 Å². The molecule has 0 radical (unpaired) electrons. The Bertz CT molecular complexity index is 2540. The molecule has 1 saturated heterocycles. The number of hydrogen-bond donors (Lipinski definition) is 0. The van der Waals surface area contributed by atoms with Crippen molar-refractivity contribution in [2.75, 3.05) is 44.8 Å². The summed E-state index contributed by atoms with van der Waals surface area (Å²) < 4.78 is 80.5. The number of anilines is 1. The molecule has 4 aromatic carbocycles. The number of methoxy groups -OCH3 is 1. The number of halogens is 5. The molecule has 0 bridgehead atoms. The van der Waals surface area contributed by atoms with Gasteiger partial charge in [0.05, 0.1) is 39.4 Å². The summed E-state index contributed by atoms with van der Waals surface area (Å²) in [7, 11) is -1.48.